The third-order valence-corrected chi connectivity index (χ3v) is 3.78. The van der Waals surface area contributed by atoms with E-state index < -0.39 is 0 Å². The van der Waals surface area contributed by atoms with Crippen LogP contribution in [0.5, 0.6) is 0 Å². The Morgan fingerprint density at radius 1 is 0.833 bits per heavy atom. The van der Waals surface area contributed by atoms with Crippen molar-refractivity contribution in [2.24, 2.45) is 5.73 Å². The van der Waals surface area contributed by atoms with Gasteiger partial charge in [0.25, 0.3) is 0 Å². The highest BCUT2D eigenvalue weighted by Crippen LogP contribution is 2.29. The molecule has 2 unspecified atom stereocenters. The van der Waals surface area contributed by atoms with E-state index in [0.717, 1.165) is 0 Å². The summed E-state index contributed by atoms with van der Waals surface area (Å²) >= 11 is 0. The smallest absolute Gasteiger partial charge is 0.0361 e. The highest BCUT2D eigenvalue weighted by Gasteiger charge is 2.16. The number of benzene rings is 2. The molecule has 0 aliphatic carbocycles. The van der Waals surface area contributed by atoms with Crippen molar-refractivity contribution in [1.82, 2.24) is 0 Å². The first kappa shape index (κ1) is 12.8. The normalized spacial score (nSPS) is 14.2. The van der Waals surface area contributed by atoms with Crippen LogP contribution in [0, 0.1) is 13.8 Å². The molecule has 0 aromatic heterocycles. The van der Waals surface area contributed by atoms with Gasteiger partial charge in [0.1, 0.15) is 0 Å². The topological polar surface area (TPSA) is 26.0 Å². The second kappa shape index (κ2) is 5.36. The third-order valence-electron chi connectivity index (χ3n) is 3.78. The number of rotatable bonds is 3. The maximum atomic E-state index is 6.39. The van der Waals surface area contributed by atoms with Crippen LogP contribution in [0.3, 0.4) is 0 Å². The zero-order valence-corrected chi connectivity index (χ0v) is 11.4. The van der Waals surface area contributed by atoms with Crippen LogP contribution in [-0.4, -0.2) is 0 Å². The van der Waals surface area contributed by atoms with Gasteiger partial charge in [0.15, 0.2) is 0 Å². The minimum atomic E-state index is 0.0479. The first-order valence-corrected chi connectivity index (χ1v) is 6.47. The lowest BCUT2D eigenvalue weighted by Crippen LogP contribution is -2.17. The van der Waals surface area contributed by atoms with Crippen molar-refractivity contribution in [3.8, 4) is 0 Å². The molecule has 18 heavy (non-hydrogen) atoms. The Labute approximate surface area is 110 Å². The van der Waals surface area contributed by atoms with Crippen LogP contribution in [0.1, 0.15) is 41.1 Å². The Bertz CT molecular complexity index is 516. The molecule has 2 aromatic rings. The van der Waals surface area contributed by atoms with E-state index in [4.69, 9.17) is 5.73 Å². The van der Waals surface area contributed by atoms with Gasteiger partial charge in [-0.1, -0.05) is 55.5 Å². The maximum absolute atomic E-state index is 6.39. The van der Waals surface area contributed by atoms with Gasteiger partial charge in [0, 0.05) is 12.0 Å². The molecule has 0 amide bonds. The molecule has 0 saturated carbocycles. The summed E-state index contributed by atoms with van der Waals surface area (Å²) < 4.78 is 0. The van der Waals surface area contributed by atoms with E-state index >= 15 is 0 Å². The molecule has 1 nitrogen and oxygen atoms in total. The standard InChI is InChI=1S/C17H21N/c1-12-9-10-16(11-13(12)2)17(18)14(3)15-7-5-4-6-8-15/h4-11,14,17H,18H2,1-3H3. The molecule has 0 heterocycles. The highest BCUT2D eigenvalue weighted by atomic mass is 14.6. The summed E-state index contributed by atoms with van der Waals surface area (Å²) in [7, 11) is 0. The summed E-state index contributed by atoms with van der Waals surface area (Å²) in [6, 6.07) is 17.0. The van der Waals surface area contributed by atoms with Crippen LogP contribution in [-0.2, 0) is 0 Å². The van der Waals surface area contributed by atoms with Gasteiger partial charge in [-0.3, -0.25) is 0 Å². The lowest BCUT2D eigenvalue weighted by molar-refractivity contribution is 0.597. The van der Waals surface area contributed by atoms with Gasteiger partial charge >= 0.3 is 0 Å². The predicted molar refractivity (Wildman–Crippen MR) is 77.7 cm³/mol. The van der Waals surface area contributed by atoms with Crippen molar-refractivity contribution in [3.05, 3.63) is 70.8 Å². The third kappa shape index (κ3) is 2.62. The molecule has 0 spiro atoms. The van der Waals surface area contributed by atoms with Crippen molar-refractivity contribution >= 4 is 0 Å². The molecular weight excluding hydrogens is 218 g/mol. The zero-order valence-electron chi connectivity index (χ0n) is 11.4. The second-order valence-electron chi connectivity index (χ2n) is 5.07. The minimum Gasteiger partial charge on any atom is -0.323 e. The fraction of sp³-hybridized carbons (Fsp3) is 0.294. The SMILES string of the molecule is Cc1ccc(C(N)C(C)c2ccccc2)cc1C. The Kier molecular flexibility index (Phi) is 3.83. The lowest BCUT2D eigenvalue weighted by atomic mass is 9.88. The first-order valence-electron chi connectivity index (χ1n) is 6.47. The number of nitrogens with two attached hydrogens (primary N) is 1. The average Bonchev–Trinajstić information content (AvgIpc) is 2.41. The van der Waals surface area contributed by atoms with E-state index in [-0.39, 0.29) is 6.04 Å². The lowest BCUT2D eigenvalue weighted by Gasteiger charge is -2.21. The Morgan fingerprint density at radius 2 is 1.50 bits per heavy atom. The number of aryl methyl sites for hydroxylation is 2. The van der Waals surface area contributed by atoms with Gasteiger partial charge in [0.2, 0.25) is 0 Å². The van der Waals surface area contributed by atoms with E-state index in [1.54, 1.807) is 0 Å². The molecule has 2 atom stereocenters. The molecule has 2 N–H and O–H groups in total. The predicted octanol–water partition coefficient (Wildman–Crippen LogP) is 4.11. The molecule has 0 fully saturated rings. The van der Waals surface area contributed by atoms with E-state index in [0.29, 0.717) is 5.92 Å². The monoisotopic (exact) mass is 239 g/mol. The molecule has 0 bridgehead atoms. The molecule has 94 valence electrons. The van der Waals surface area contributed by atoms with Crippen LogP contribution < -0.4 is 5.73 Å². The summed E-state index contributed by atoms with van der Waals surface area (Å²) in [5.74, 6) is 0.327. The van der Waals surface area contributed by atoms with Crippen molar-refractivity contribution in [2.45, 2.75) is 32.7 Å². The Morgan fingerprint density at radius 3 is 2.11 bits per heavy atom. The summed E-state index contributed by atoms with van der Waals surface area (Å²) in [5.41, 5.74) is 11.5. The summed E-state index contributed by atoms with van der Waals surface area (Å²) in [6.07, 6.45) is 0. The summed E-state index contributed by atoms with van der Waals surface area (Å²) in [5, 5.41) is 0. The van der Waals surface area contributed by atoms with Crippen LogP contribution in [0.15, 0.2) is 48.5 Å². The van der Waals surface area contributed by atoms with Gasteiger partial charge in [-0.25, -0.2) is 0 Å². The van der Waals surface area contributed by atoms with Crippen LogP contribution in [0.25, 0.3) is 0 Å². The van der Waals surface area contributed by atoms with Gasteiger partial charge in [-0.15, -0.1) is 0 Å². The number of hydrogen-bond donors (Lipinski definition) is 1. The van der Waals surface area contributed by atoms with Crippen molar-refractivity contribution in [3.63, 3.8) is 0 Å². The molecule has 1 heteroatoms. The quantitative estimate of drug-likeness (QED) is 0.857. The van der Waals surface area contributed by atoms with E-state index in [1.807, 2.05) is 6.07 Å². The number of hydrogen-bond acceptors (Lipinski definition) is 1. The summed E-state index contributed by atoms with van der Waals surface area (Å²) in [6.45, 7) is 6.46. The van der Waals surface area contributed by atoms with E-state index in [9.17, 15) is 0 Å². The largest absolute Gasteiger partial charge is 0.323 e. The molecule has 0 aliphatic heterocycles. The minimum absolute atomic E-state index is 0.0479. The van der Waals surface area contributed by atoms with Crippen molar-refractivity contribution in [1.29, 1.82) is 0 Å². The molecule has 0 aliphatic rings. The van der Waals surface area contributed by atoms with Gasteiger partial charge in [-0.05, 0) is 36.1 Å². The van der Waals surface area contributed by atoms with Crippen LogP contribution in [0.2, 0.25) is 0 Å². The summed E-state index contributed by atoms with van der Waals surface area (Å²) in [4.78, 5) is 0. The zero-order chi connectivity index (χ0) is 13.1. The Balaban J connectivity index is 2.25. The van der Waals surface area contributed by atoms with E-state index in [1.165, 1.54) is 22.3 Å². The molecule has 2 rings (SSSR count). The van der Waals surface area contributed by atoms with Gasteiger partial charge in [0.05, 0.1) is 0 Å². The molecular formula is C17H21N. The average molecular weight is 239 g/mol. The first-order chi connectivity index (χ1) is 8.59. The maximum Gasteiger partial charge on any atom is 0.0361 e. The van der Waals surface area contributed by atoms with Gasteiger partial charge < -0.3 is 5.73 Å². The van der Waals surface area contributed by atoms with Crippen LogP contribution >= 0.6 is 0 Å². The second-order valence-corrected chi connectivity index (χ2v) is 5.07. The van der Waals surface area contributed by atoms with Crippen molar-refractivity contribution in [2.75, 3.05) is 0 Å². The van der Waals surface area contributed by atoms with Gasteiger partial charge in [-0.2, -0.15) is 0 Å². The highest BCUT2D eigenvalue weighted by molar-refractivity contribution is 5.34. The van der Waals surface area contributed by atoms with E-state index in [2.05, 4.69) is 63.2 Å². The fourth-order valence-electron chi connectivity index (χ4n) is 2.22. The van der Waals surface area contributed by atoms with Crippen molar-refractivity contribution < 1.29 is 0 Å². The molecule has 2 aromatic carbocycles. The molecule has 0 radical (unpaired) electrons. The Hall–Kier alpha value is -1.60. The fourth-order valence-corrected chi connectivity index (χ4v) is 2.22. The molecule has 0 saturated heterocycles. The van der Waals surface area contributed by atoms with Crippen LogP contribution in [0.4, 0.5) is 0 Å².